The number of rotatable bonds is 10. The van der Waals surface area contributed by atoms with E-state index in [-0.39, 0.29) is 25.4 Å². The van der Waals surface area contributed by atoms with Crippen molar-refractivity contribution < 1.29 is 23.9 Å². The van der Waals surface area contributed by atoms with E-state index in [2.05, 4.69) is 0 Å². The Morgan fingerprint density at radius 1 is 1.25 bits per heavy atom. The molecule has 0 aromatic heterocycles. The smallest absolute Gasteiger partial charge is 0.338 e. The Morgan fingerprint density at radius 3 is 2.40 bits per heavy atom. The van der Waals surface area contributed by atoms with Crippen LogP contribution in [0.5, 0.6) is 0 Å². The Kier molecular flexibility index (Phi) is 9.49. The van der Waals surface area contributed by atoms with Gasteiger partial charge in [-0.1, -0.05) is 34.1 Å². The third-order valence-corrected chi connectivity index (χ3v) is 4.28. The standard InChI is InChI=1S/C14H28O5Si/c1-5-7-18-13(16)14(17,9-11(3)4)10-12(15)19-20-8-6-2/h11,17H,5-10,20H2,1-4H3. The summed E-state index contributed by atoms with van der Waals surface area (Å²) in [6, 6.07) is 0.911. The zero-order valence-corrected chi connectivity index (χ0v) is 14.5. The van der Waals surface area contributed by atoms with Gasteiger partial charge in [-0.2, -0.15) is 0 Å². The van der Waals surface area contributed by atoms with E-state index in [4.69, 9.17) is 9.16 Å². The Balaban J connectivity index is 4.60. The molecule has 0 aromatic rings. The Hall–Kier alpha value is -0.883. The van der Waals surface area contributed by atoms with Crippen molar-refractivity contribution in [1.29, 1.82) is 0 Å². The molecule has 0 radical (unpaired) electrons. The minimum absolute atomic E-state index is 0.0786. The average molecular weight is 304 g/mol. The first-order valence-corrected chi connectivity index (χ1v) is 8.98. The number of aliphatic hydroxyl groups is 1. The fourth-order valence-corrected chi connectivity index (χ4v) is 2.62. The lowest BCUT2D eigenvalue weighted by Crippen LogP contribution is -2.44. The first-order valence-electron chi connectivity index (χ1n) is 7.41. The van der Waals surface area contributed by atoms with Crippen molar-refractivity contribution in [3.63, 3.8) is 0 Å². The molecule has 118 valence electrons. The predicted molar refractivity (Wildman–Crippen MR) is 80.0 cm³/mol. The molecular weight excluding hydrogens is 276 g/mol. The molecule has 0 rings (SSSR count). The molecule has 0 heterocycles. The highest BCUT2D eigenvalue weighted by molar-refractivity contribution is 6.30. The number of ether oxygens (including phenoxy) is 1. The van der Waals surface area contributed by atoms with Gasteiger partial charge in [-0.3, -0.25) is 4.79 Å². The number of carbonyl (C=O) groups excluding carboxylic acids is 2. The molecule has 0 saturated carbocycles. The summed E-state index contributed by atoms with van der Waals surface area (Å²) in [5.74, 6) is -1.14. The van der Waals surface area contributed by atoms with E-state index in [0.717, 1.165) is 12.5 Å². The molecule has 0 fully saturated rings. The summed E-state index contributed by atoms with van der Waals surface area (Å²) in [5.41, 5.74) is -1.76. The van der Waals surface area contributed by atoms with E-state index < -0.39 is 27.3 Å². The Bertz CT molecular complexity index is 306. The fraction of sp³-hybridized carbons (Fsp3) is 0.857. The number of esters is 1. The minimum Gasteiger partial charge on any atom is -0.525 e. The van der Waals surface area contributed by atoms with Crippen LogP contribution < -0.4 is 0 Å². The van der Waals surface area contributed by atoms with Crippen molar-refractivity contribution >= 4 is 21.7 Å². The fourth-order valence-electron chi connectivity index (χ4n) is 1.85. The van der Waals surface area contributed by atoms with E-state index in [1.54, 1.807) is 0 Å². The first-order chi connectivity index (χ1) is 9.35. The van der Waals surface area contributed by atoms with Crippen molar-refractivity contribution in [3.05, 3.63) is 0 Å². The van der Waals surface area contributed by atoms with Crippen LogP contribution in [0.1, 0.15) is 53.4 Å². The highest BCUT2D eigenvalue weighted by Crippen LogP contribution is 2.23. The summed E-state index contributed by atoms with van der Waals surface area (Å²) < 4.78 is 10.1. The van der Waals surface area contributed by atoms with Gasteiger partial charge in [0.25, 0.3) is 5.97 Å². The van der Waals surface area contributed by atoms with E-state index in [1.165, 1.54) is 0 Å². The van der Waals surface area contributed by atoms with Gasteiger partial charge in [-0.25, -0.2) is 4.79 Å². The SMILES string of the molecule is CCCOC(=O)C(O)(CC(=O)O[SiH2]CCC)CC(C)C. The van der Waals surface area contributed by atoms with Crippen molar-refractivity contribution in [2.75, 3.05) is 6.61 Å². The van der Waals surface area contributed by atoms with Gasteiger partial charge in [0.1, 0.15) is 0 Å². The van der Waals surface area contributed by atoms with E-state index in [1.807, 2.05) is 27.7 Å². The summed E-state index contributed by atoms with van der Waals surface area (Å²) in [4.78, 5) is 23.7. The number of hydrogen-bond acceptors (Lipinski definition) is 5. The third-order valence-electron chi connectivity index (χ3n) is 2.76. The van der Waals surface area contributed by atoms with Crippen LogP contribution in [0.25, 0.3) is 0 Å². The highest BCUT2D eigenvalue weighted by Gasteiger charge is 2.40. The summed E-state index contributed by atoms with van der Waals surface area (Å²) in [6.07, 6.45) is 1.54. The minimum atomic E-state index is -1.76. The molecular formula is C14H28O5Si. The lowest BCUT2D eigenvalue weighted by atomic mass is 9.89. The predicted octanol–water partition coefficient (Wildman–Crippen LogP) is 1.56. The molecule has 1 unspecified atom stereocenters. The van der Waals surface area contributed by atoms with Gasteiger partial charge >= 0.3 is 5.97 Å². The monoisotopic (exact) mass is 304 g/mol. The van der Waals surface area contributed by atoms with Gasteiger partial charge in [0, 0.05) is 0 Å². The van der Waals surface area contributed by atoms with Crippen molar-refractivity contribution in [2.45, 2.75) is 65.0 Å². The molecule has 0 amide bonds. The highest BCUT2D eigenvalue weighted by atomic mass is 28.2. The second-order valence-corrected chi connectivity index (χ2v) is 6.92. The molecule has 0 aliphatic carbocycles. The second kappa shape index (κ2) is 9.93. The summed E-state index contributed by atoms with van der Waals surface area (Å²) in [7, 11) is -0.885. The molecule has 1 N–H and O–H groups in total. The molecule has 0 aliphatic heterocycles. The lowest BCUT2D eigenvalue weighted by molar-refractivity contribution is -0.172. The third kappa shape index (κ3) is 7.64. The van der Waals surface area contributed by atoms with Crippen molar-refractivity contribution in [1.82, 2.24) is 0 Å². The van der Waals surface area contributed by atoms with Crippen LogP contribution in [0.4, 0.5) is 0 Å². The second-order valence-electron chi connectivity index (χ2n) is 5.52. The molecule has 6 heteroatoms. The first kappa shape index (κ1) is 19.1. The van der Waals surface area contributed by atoms with Crippen LogP contribution in [0.15, 0.2) is 0 Å². The maximum atomic E-state index is 12.0. The molecule has 5 nitrogen and oxygen atoms in total. The number of carbonyl (C=O) groups is 2. The van der Waals surface area contributed by atoms with Gasteiger partial charge < -0.3 is 14.3 Å². The van der Waals surface area contributed by atoms with Crippen LogP contribution in [0, 0.1) is 5.92 Å². The van der Waals surface area contributed by atoms with Crippen molar-refractivity contribution in [2.24, 2.45) is 5.92 Å². The Labute approximate surface area is 124 Å². The molecule has 1 atom stereocenters. The van der Waals surface area contributed by atoms with Gasteiger partial charge in [-0.15, -0.1) is 0 Å². The van der Waals surface area contributed by atoms with Gasteiger partial charge in [-0.05, 0) is 24.8 Å². The van der Waals surface area contributed by atoms with Gasteiger partial charge in [0.2, 0.25) is 9.76 Å². The quantitative estimate of drug-likeness (QED) is 0.377. The summed E-state index contributed by atoms with van der Waals surface area (Å²) in [5, 5.41) is 10.4. The molecule has 0 aromatic carbocycles. The topological polar surface area (TPSA) is 72.8 Å². The zero-order chi connectivity index (χ0) is 15.6. The van der Waals surface area contributed by atoms with Gasteiger partial charge in [0.15, 0.2) is 5.60 Å². The number of hydrogen-bond donors (Lipinski definition) is 1. The lowest BCUT2D eigenvalue weighted by Gasteiger charge is -2.26. The summed E-state index contributed by atoms with van der Waals surface area (Å²) >= 11 is 0. The van der Waals surface area contributed by atoms with E-state index in [9.17, 15) is 14.7 Å². The summed E-state index contributed by atoms with van der Waals surface area (Å²) in [6.45, 7) is 7.92. The maximum absolute atomic E-state index is 12.0. The zero-order valence-electron chi connectivity index (χ0n) is 13.1. The van der Waals surface area contributed by atoms with Crippen LogP contribution in [-0.4, -0.2) is 39.0 Å². The molecule has 0 spiro atoms. The molecule has 0 bridgehead atoms. The van der Waals surface area contributed by atoms with Crippen LogP contribution >= 0.6 is 0 Å². The van der Waals surface area contributed by atoms with Crippen molar-refractivity contribution in [3.8, 4) is 0 Å². The largest absolute Gasteiger partial charge is 0.525 e. The van der Waals surface area contributed by atoms with Gasteiger partial charge in [0.05, 0.1) is 13.0 Å². The Morgan fingerprint density at radius 2 is 1.90 bits per heavy atom. The van der Waals surface area contributed by atoms with Crippen LogP contribution in [0.2, 0.25) is 6.04 Å². The molecule has 20 heavy (non-hydrogen) atoms. The maximum Gasteiger partial charge on any atom is 0.338 e. The van der Waals surface area contributed by atoms with E-state index >= 15 is 0 Å². The van der Waals surface area contributed by atoms with Crippen LogP contribution in [-0.2, 0) is 18.8 Å². The normalized spacial score (nSPS) is 14.5. The molecule has 0 aliphatic rings. The van der Waals surface area contributed by atoms with E-state index in [0.29, 0.717) is 6.42 Å². The average Bonchev–Trinajstić information content (AvgIpc) is 2.34. The van der Waals surface area contributed by atoms with Crippen LogP contribution in [0.3, 0.4) is 0 Å². The molecule has 0 saturated heterocycles.